The van der Waals surface area contributed by atoms with Gasteiger partial charge < -0.3 is 10.0 Å². The summed E-state index contributed by atoms with van der Waals surface area (Å²) in [4.78, 5) is 2.50. The number of hydrogen-bond donors (Lipinski definition) is 1. The van der Waals surface area contributed by atoms with Crippen molar-refractivity contribution in [2.75, 3.05) is 13.7 Å². The maximum Gasteiger partial charge on any atom is 0.0480 e. The first-order chi connectivity index (χ1) is 8.70. The number of rotatable bonds is 2. The molecule has 2 nitrogen and oxygen atoms in total. The van der Waals surface area contributed by atoms with Crippen LogP contribution in [-0.4, -0.2) is 35.7 Å². The fraction of sp³-hybridized carbons (Fsp3) is 0.600. The first-order valence-corrected chi connectivity index (χ1v) is 7.58. The Morgan fingerprint density at radius 3 is 2.67 bits per heavy atom. The Morgan fingerprint density at radius 1 is 1.28 bits per heavy atom. The highest BCUT2D eigenvalue weighted by molar-refractivity contribution is 9.10. The van der Waals surface area contributed by atoms with Crippen molar-refractivity contribution < 1.29 is 5.11 Å². The number of benzene rings is 1. The molecule has 4 atom stereocenters. The lowest BCUT2D eigenvalue weighted by Crippen LogP contribution is -2.47. The fourth-order valence-electron chi connectivity index (χ4n) is 3.92. The Morgan fingerprint density at radius 2 is 2.00 bits per heavy atom. The minimum absolute atomic E-state index is 0.308. The Kier molecular flexibility index (Phi) is 3.48. The van der Waals surface area contributed by atoms with Crippen LogP contribution < -0.4 is 0 Å². The van der Waals surface area contributed by atoms with Gasteiger partial charge in [0.25, 0.3) is 0 Å². The Balaban J connectivity index is 1.89. The molecule has 2 aliphatic rings. The van der Waals surface area contributed by atoms with Gasteiger partial charge in [0, 0.05) is 29.1 Å². The maximum atomic E-state index is 9.78. The molecule has 0 unspecified atom stereocenters. The summed E-state index contributed by atoms with van der Waals surface area (Å²) >= 11 is 3.49. The monoisotopic (exact) mass is 309 g/mol. The molecule has 3 heteroatoms. The van der Waals surface area contributed by atoms with Gasteiger partial charge in [0.1, 0.15) is 0 Å². The highest BCUT2D eigenvalue weighted by Gasteiger charge is 2.45. The lowest BCUT2D eigenvalue weighted by molar-refractivity contribution is 0.0592. The van der Waals surface area contributed by atoms with Crippen LogP contribution in [-0.2, 0) is 0 Å². The molecule has 2 aliphatic heterocycles. The van der Waals surface area contributed by atoms with Gasteiger partial charge in [0.2, 0.25) is 0 Å². The zero-order valence-electron chi connectivity index (χ0n) is 10.7. The van der Waals surface area contributed by atoms with E-state index in [-0.39, 0.29) is 0 Å². The predicted molar refractivity (Wildman–Crippen MR) is 76.6 cm³/mol. The second kappa shape index (κ2) is 4.95. The molecule has 2 saturated heterocycles. The van der Waals surface area contributed by atoms with E-state index in [9.17, 15) is 5.11 Å². The minimum Gasteiger partial charge on any atom is -0.396 e. The van der Waals surface area contributed by atoms with Crippen molar-refractivity contribution in [2.45, 2.75) is 37.3 Å². The van der Waals surface area contributed by atoms with Crippen molar-refractivity contribution in [3.05, 3.63) is 34.3 Å². The molecule has 1 N–H and O–H groups in total. The van der Waals surface area contributed by atoms with Gasteiger partial charge in [-0.25, -0.2) is 0 Å². The summed E-state index contributed by atoms with van der Waals surface area (Å²) in [6.45, 7) is 0.308. The summed E-state index contributed by atoms with van der Waals surface area (Å²) in [6, 6.07) is 9.94. The van der Waals surface area contributed by atoms with E-state index in [2.05, 4.69) is 52.1 Å². The molecule has 0 aliphatic carbocycles. The molecule has 0 amide bonds. The van der Waals surface area contributed by atoms with Crippen LogP contribution >= 0.6 is 15.9 Å². The zero-order chi connectivity index (χ0) is 12.7. The highest BCUT2D eigenvalue weighted by Crippen LogP contribution is 2.45. The number of aliphatic hydroxyl groups excluding tert-OH is 1. The number of fused-ring (bicyclic) bond motifs is 2. The highest BCUT2D eigenvalue weighted by atomic mass is 79.9. The fourth-order valence-corrected chi connectivity index (χ4v) is 4.18. The lowest BCUT2D eigenvalue weighted by Gasteiger charge is -2.42. The minimum atomic E-state index is 0.308. The van der Waals surface area contributed by atoms with Gasteiger partial charge in [0.05, 0.1) is 0 Å². The van der Waals surface area contributed by atoms with Gasteiger partial charge in [-0.3, -0.25) is 0 Å². The van der Waals surface area contributed by atoms with E-state index in [1.54, 1.807) is 0 Å². The molecule has 3 rings (SSSR count). The first kappa shape index (κ1) is 12.6. The molecular weight excluding hydrogens is 290 g/mol. The van der Waals surface area contributed by atoms with Crippen LogP contribution in [0.4, 0.5) is 0 Å². The molecule has 18 heavy (non-hydrogen) atoms. The van der Waals surface area contributed by atoms with Crippen LogP contribution in [0.5, 0.6) is 0 Å². The molecule has 0 saturated carbocycles. The molecule has 0 aromatic heterocycles. The van der Waals surface area contributed by atoms with Gasteiger partial charge in [-0.15, -0.1) is 0 Å². The molecule has 1 aromatic rings. The standard InChI is InChI=1S/C15H20BrNO/c1-17-12-6-7-15(17)14(9-18)13(8-12)10-2-4-11(16)5-3-10/h2-5,12-15,18H,6-9H2,1H3/t12-,13+,14-,15+/m0/s1. The van der Waals surface area contributed by atoms with Crippen molar-refractivity contribution in [1.29, 1.82) is 0 Å². The lowest BCUT2D eigenvalue weighted by atomic mass is 9.76. The number of nitrogens with zero attached hydrogens (tertiary/aromatic N) is 1. The number of hydrogen-bond acceptors (Lipinski definition) is 2. The molecule has 1 aromatic carbocycles. The van der Waals surface area contributed by atoms with Crippen molar-refractivity contribution in [3.8, 4) is 0 Å². The number of halogens is 1. The number of aliphatic hydroxyl groups is 1. The van der Waals surface area contributed by atoms with Gasteiger partial charge in [-0.1, -0.05) is 28.1 Å². The van der Waals surface area contributed by atoms with E-state index in [1.807, 2.05) is 0 Å². The Labute approximate surface area is 117 Å². The Bertz CT molecular complexity index is 419. The van der Waals surface area contributed by atoms with Crippen LogP contribution in [0.1, 0.15) is 30.7 Å². The van der Waals surface area contributed by atoms with Crippen LogP contribution in [0.2, 0.25) is 0 Å². The normalized spacial score (nSPS) is 35.9. The second-order valence-electron chi connectivity index (χ2n) is 5.70. The van der Waals surface area contributed by atoms with E-state index in [0.717, 1.165) is 4.47 Å². The molecule has 98 valence electrons. The maximum absolute atomic E-state index is 9.78. The van der Waals surface area contributed by atoms with Crippen molar-refractivity contribution in [3.63, 3.8) is 0 Å². The average molecular weight is 310 g/mol. The predicted octanol–water partition coefficient (Wildman–Crippen LogP) is 3.01. The zero-order valence-corrected chi connectivity index (χ0v) is 12.3. The van der Waals surface area contributed by atoms with Crippen LogP contribution in [0.25, 0.3) is 0 Å². The summed E-state index contributed by atoms with van der Waals surface area (Å²) < 4.78 is 1.13. The number of piperidine rings is 1. The van der Waals surface area contributed by atoms with Crippen molar-refractivity contribution in [1.82, 2.24) is 4.90 Å². The smallest absolute Gasteiger partial charge is 0.0480 e. The van der Waals surface area contributed by atoms with E-state index < -0.39 is 0 Å². The van der Waals surface area contributed by atoms with E-state index in [0.29, 0.717) is 30.5 Å². The third kappa shape index (κ3) is 2.02. The average Bonchev–Trinajstić information content (AvgIpc) is 2.63. The van der Waals surface area contributed by atoms with Gasteiger partial charge in [0.15, 0.2) is 0 Å². The van der Waals surface area contributed by atoms with Crippen LogP contribution in [0.3, 0.4) is 0 Å². The summed E-state index contributed by atoms with van der Waals surface area (Å²) in [5.74, 6) is 0.923. The largest absolute Gasteiger partial charge is 0.396 e. The molecular formula is C15H20BrNO. The van der Waals surface area contributed by atoms with Crippen LogP contribution in [0.15, 0.2) is 28.7 Å². The summed E-state index contributed by atoms with van der Waals surface area (Å²) in [7, 11) is 2.22. The molecule has 2 heterocycles. The van der Waals surface area contributed by atoms with Gasteiger partial charge >= 0.3 is 0 Å². The van der Waals surface area contributed by atoms with Gasteiger partial charge in [-0.2, -0.15) is 0 Å². The van der Waals surface area contributed by atoms with E-state index in [4.69, 9.17) is 0 Å². The molecule has 0 radical (unpaired) electrons. The SMILES string of the molecule is CN1[C@H]2CC[C@@H]1[C@@H](CO)[C@@H](c1ccc(Br)cc1)C2. The Hall–Kier alpha value is -0.380. The molecule has 2 bridgehead atoms. The third-order valence-electron chi connectivity index (χ3n) is 4.94. The first-order valence-electron chi connectivity index (χ1n) is 6.79. The quantitative estimate of drug-likeness (QED) is 0.908. The molecule has 2 fully saturated rings. The second-order valence-corrected chi connectivity index (χ2v) is 6.62. The summed E-state index contributed by atoms with van der Waals surface area (Å²) in [5, 5.41) is 9.78. The van der Waals surface area contributed by atoms with E-state index in [1.165, 1.54) is 24.8 Å². The summed E-state index contributed by atoms with van der Waals surface area (Å²) in [5.41, 5.74) is 1.39. The molecule has 0 spiro atoms. The van der Waals surface area contributed by atoms with Gasteiger partial charge in [-0.05, 0) is 49.9 Å². The van der Waals surface area contributed by atoms with Crippen LogP contribution in [0, 0.1) is 5.92 Å². The van der Waals surface area contributed by atoms with Crippen molar-refractivity contribution >= 4 is 15.9 Å². The summed E-state index contributed by atoms with van der Waals surface area (Å²) in [6.07, 6.45) is 3.74. The van der Waals surface area contributed by atoms with Crippen molar-refractivity contribution in [2.24, 2.45) is 5.92 Å². The van der Waals surface area contributed by atoms with E-state index >= 15 is 0 Å². The topological polar surface area (TPSA) is 23.5 Å². The third-order valence-corrected chi connectivity index (χ3v) is 5.47.